The van der Waals surface area contributed by atoms with E-state index in [2.05, 4.69) is 15.3 Å². The minimum atomic E-state index is -1.19. The third-order valence-corrected chi connectivity index (χ3v) is 7.05. The fourth-order valence-corrected chi connectivity index (χ4v) is 5.24. The van der Waals surface area contributed by atoms with Gasteiger partial charge in [0.15, 0.2) is 11.6 Å². The number of rotatable bonds is 5. The lowest BCUT2D eigenvalue weighted by molar-refractivity contribution is 0.0943. The van der Waals surface area contributed by atoms with Crippen LogP contribution in [-0.4, -0.2) is 27.5 Å². The van der Waals surface area contributed by atoms with Crippen molar-refractivity contribution >= 4 is 16.8 Å². The van der Waals surface area contributed by atoms with Gasteiger partial charge in [0.1, 0.15) is 11.6 Å². The van der Waals surface area contributed by atoms with E-state index in [9.17, 15) is 23.1 Å². The van der Waals surface area contributed by atoms with Crippen LogP contribution in [0.5, 0.6) is 5.75 Å². The summed E-state index contributed by atoms with van der Waals surface area (Å²) in [6.45, 7) is 2.17. The molecule has 1 aliphatic carbocycles. The number of phenols is 1. The summed E-state index contributed by atoms with van der Waals surface area (Å²) in [7, 11) is 0. The fraction of sp³-hybridized carbons (Fsp3) is 0.286. The molecule has 1 amide bonds. The number of aromatic amines is 1. The number of aryl methyl sites for hydroxylation is 1. The van der Waals surface area contributed by atoms with Gasteiger partial charge in [-0.3, -0.25) is 9.78 Å². The van der Waals surface area contributed by atoms with Crippen LogP contribution in [0.4, 0.5) is 13.2 Å². The maximum Gasteiger partial charge on any atom is 0.253 e. The highest BCUT2D eigenvalue weighted by Gasteiger charge is 2.26. The lowest BCUT2D eigenvalue weighted by Gasteiger charge is -2.29. The van der Waals surface area contributed by atoms with Gasteiger partial charge >= 0.3 is 0 Å². The quantitative estimate of drug-likeness (QED) is 0.303. The molecular weight excluding hydrogens is 467 g/mol. The highest BCUT2D eigenvalue weighted by atomic mass is 19.2. The molecule has 0 radical (unpaired) electrons. The zero-order chi connectivity index (χ0) is 25.4. The standard InChI is InChI=1S/C28H26F3N3O2/c1-15-10-23(27(34-15)22-12-19(35)13-24(30)26(22)31)28(36)33-14-16-2-4-17(5-3-16)20-8-9-32-25-7-6-18(29)11-21(20)25/h6-13,16-17,34-35H,2-5,14H2,1H3,(H,33,36). The van der Waals surface area contributed by atoms with Crippen LogP contribution >= 0.6 is 0 Å². The number of aromatic hydroxyl groups is 1. The van der Waals surface area contributed by atoms with E-state index >= 15 is 0 Å². The molecule has 0 aliphatic heterocycles. The summed E-state index contributed by atoms with van der Waals surface area (Å²) in [5.74, 6) is -2.85. The van der Waals surface area contributed by atoms with Crippen molar-refractivity contribution in [3.63, 3.8) is 0 Å². The molecule has 1 aliphatic rings. The molecule has 3 N–H and O–H groups in total. The van der Waals surface area contributed by atoms with Crippen LogP contribution in [-0.2, 0) is 0 Å². The van der Waals surface area contributed by atoms with Crippen molar-refractivity contribution in [3.05, 3.63) is 82.9 Å². The maximum atomic E-state index is 14.4. The Hall–Kier alpha value is -3.81. The molecule has 36 heavy (non-hydrogen) atoms. The van der Waals surface area contributed by atoms with Gasteiger partial charge in [0.25, 0.3) is 5.91 Å². The number of H-pyrrole nitrogens is 1. The number of halogens is 3. The average Bonchev–Trinajstić information content (AvgIpc) is 3.26. The third-order valence-electron chi connectivity index (χ3n) is 7.05. The Morgan fingerprint density at radius 2 is 1.86 bits per heavy atom. The first-order chi connectivity index (χ1) is 17.3. The summed E-state index contributed by atoms with van der Waals surface area (Å²) in [6.07, 6.45) is 5.39. The Kier molecular flexibility index (Phi) is 6.43. The fourth-order valence-electron chi connectivity index (χ4n) is 5.24. The van der Waals surface area contributed by atoms with Gasteiger partial charge in [0.2, 0.25) is 0 Å². The van der Waals surface area contributed by atoms with Crippen molar-refractivity contribution in [2.24, 2.45) is 5.92 Å². The first-order valence-electron chi connectivity index (χ1n) is 12.0. The number of benzene rings is 2. The molecule has 2 aromatic carbocycles. The second kappa shape index (κ2) is 9.68. The van der Waals surface area contributed by atoms with Crippen molar-refractivity contribution in [1.29, 1.82) is 0 Å². The predicted molar refractivity (Wildman–Crippen MR) is 131 cm³/mol. The summed E-state index contributed by atoms with van der Waals surface area (Å²) in [5, 5.41) is 13.5. The number of aromatic nitrogens is 2. The molecule has 1 fully saturated rings. The first-order valence-corrected chi connectivity index (χ1v) is 12.0. The highest BCUT2D eigenvalue weighted by molar-refractivity contribution is 6.00. The number of hydrogen-bond donors (Lipinski definition) is 3. The van der Waals surface area contributed by atoms with E-state index in [1.54, 1.807) is 31.3 Å². The molecule has 186 valence electrons. The molecule has 8 heteroatoms. The molecule has 0 unspecified atom stereocenters. The number of pyridine rings is 1. The number of amides is 1. The summed E-state index contributed by atoms with van der Waals surface area (Å²) < 4.78 is 42.1. The Morgan fingerprint density at radius 3 is 2.64 bits per heavy atom. The maximum absolute atomic E-state index is 14.4. The number of fused-ring (bicyclic) bond motifs is 1. The van der Waals surface area contributed by atoms with Gasteiger partial charge in [-0.2, -0.15) is 0 Å². The summed E-state index contributed by atoms with van der Waals surface area (Å²) in [6, 6.07) is 9.99. The zero-order valence-electron chi connectivity index (χ0n) is 19.7. The minimum absolute atomic E-state index is 0.123. The van der Waals surface area contributed by atoms with E-state index in [-0.39, 0.29) is 28.6 Å². The Labute approximate surface area is 206 Å². The molecule has 2 heterocycles. The van der Waals surface area contributed by atoms with E-state index in [0.717, 1.165) is 48.2 Å². The minimum Gasteiger partial charge on any atom is -0.508 e. The average molecular weight is 494 g/mol. The first kappa shape index (κ1) is 23.9. The van der Waals surface area contributed by atoms with Gasteiger partial charge < -0.3 is 15.4 Å². The lowest BCUT2D eigenvalue weighted by Crippen LogP contribution is -2.31. The molecule has 4 aromatic rings. The van der Waals surface area contributed by atoms with Crippen LogP contribution in [0.1, 0.15) is 53.2 Å². The van der Waals surface area contributed by atoms with Gasteiger partial charge in [-0.05, 0) is 86.4 Å². The van der Waals surface area contributed by atoms with Gasteiger partial charge in [-0.15, -0.1) is 0 Å². The number of carbonyl (C=O) groups excluding carboxylic acids is 1. The van der Waals surface area contributed by atoms with Crippen molar-refractivity contribution in [2.45, 2.75) is 38.5 Å². The largest absolute Gasteiger partial charge is 0.508 e. The molecular formula is C28H26F3N3O2. The van der Waals surface area contributed by atoms with E-state index in [4.69, 9.17) is 0 Å². The smallest absolute Gasteiger partial charge is 0.253 e. The normalized spacial score (nSPS) is 17.9. The Bertz CT molecular complexity index is 1440. The van der Waals surface area contributed by atoms with Crippen molar-refractivity contribution in [1.82, 2.24) is 15.3 Å². The van der Waals surface area contributed by atoms with E-state index in [1.165, 1.54) is 6.07 Å². The summed E-state index contributed by atoms with van der Waals surface area (Å²) in [5.41, 5.74) is 2.61. The lowest BCUT2D eigenvalue weighted by atomic mass is 9.78. The molecule has 5 nitrogen and oxygen atoms in total. The molecule has 5 rings (SSSR count). The van der Waals surface area contributed by atoms with Crippen molar-refractivity contribution in [3.8, 4) is 17.0 Å². The van der Waals surface area contributed by atoms with Gasteiger partial charge in [-0.1, -0.05) is 0 Å². The van der Waals surface area contributed by atoms with Gasteiger partial charge in [-0.25, -0.2) is 13.2 Å². The molecule has 0 atom stereocenters. The van der Waals surface area contributed by atoms with E-state index in [0.29, 0.717) is 24.2 Å². The zero-order valence-corrected chi connectivity index (χ0v) is 19.7. The van der Waals surface area contributed by atoms with Crippen LogP contribution in [0.3, 0.4) is 0 Å². The molecule has 0 spiro atoms. The van der Waals surface area contributed by atoms with E-state index < -0.39 is 23.3 Å². The van der Waals surface area contributed by atoms with E-state index in [1.807, 2.05) is 6.07 Å². The summed E-state index contributed by atoms with van der Waals surface area (Å²) >= 11 is 0. The van der Waals surface area contributed by atoms with Crippen LogP contribution in [0, 0.1) is 30.3 Å². The van der Waals surface area contributed by atoms with Crippen LogP contribution in [0.25, 0.3) is 22.2 Å². The highest BCUT2D eigenvalue weighted by Crippen LogP contribution is 2.38. The second-order valence-corrected chi connectivity index (χ2v) is 9.52. The number of carbonyl (C=O) groups is 1. The molecule has 1 saturated carbocycles. The van der Waals surface area contributed by atoms with Crippen LogP contribution < -0.4 is 5.32 Å². The van der Waals surface area contributed by atoms with Crippen molar-refractivity contribution < 1.29 is 23.1 Å². The van der Waals surface area contributed by atoms with Crippen LogP contribution in [0.2, 0.25) is 0 Å². The van der Waals surface area contributed by atoms with Gasteiger partial charge in [0, 0.05) is 35.5 Å². The molecule has 0 saturated heterocycles. The van der Waals surface area contributed by atoms with Crippen LogP contribution in [0.15, 0.2) is 48.7 Å². The van der Waals surface area contributed by atoms with Gasteiger partial charge in [0.05, 0.1) is 16.8 Å². The number of nitrogens with zero attached hydrogens (tertiary/aromatic N) is 1. The van der Waals surface area contributed by atoms with Crippen molar-refractivity contribution in [2.75, 3.05) is 6.54 Å². The monoisotopic (exact) mass is 493 g/mol. The number of nitrogens with one attached hydrogen (secondary N) is 2. The molecule has 0 bridgehead atoms. The topological polar surface area (TPSA) is 78.0 Å². The molecule has 2 aromatic heterocycles. The number of phenolic OH excluding ortho intramolecular Hbond substituents is 1. The Balaban J connectivity index is 1.25. The third kappa shape index (κ3) is 4.67. The SMILES string of the molecule is Cc1cc(C(=O)NCC2CCC(c3ccnc4ccc(F)cc34)CC2)c(-c2cc(O)cc(F)c2F)[nH]1. The second-order valence-electron chi connectivity index (χ2n) is 9.52. The summed E-state index contributed by atoms with van der Waals surface area (Å²) in [4.78, 5) is 20.2. The predicted octanol–water partition coefficient (Wildman–Crippen LogP) is 6.37. The number of hydrogen-bond acceptors (Lipinski definition) is 3. The Morgan fingerprint density at radius 1 is 1.08 bits per heavy atom.